The SMILES string of the molecule is [CH2-]N1C2CC1C2. The fraction of sp³-hybridized carbons (Fsp3) is 0.800. The quantitative estimate of drug-likeness (QED) is 0.387. The molecule has 0 amide bonds. The van der Waals surface area contributed by atoms with Gasteiger partial charge in [-0.2, -0.15) is 0 Å². The monoisotopic (exact) mass is 82.1 g/mol. The third-order valence-corrected chi connectivity index (χ3v) is 2.03. The summed E-state index contributed by atoms with van der Waals surface area (Å²) in [6.45, 7) is 0. The molecule has 3 rings (SSSR count). The van der Waals surface area contributed by atoms with Gasteiger partial charge in [0, 0.05) is 0 Å². The molecule has 2 heterocycles. The average Bonchev–Trinajstić information content (AvgIpc) is 1.28. The zero-order valence-electron chi connectivity index (χ0n) is 3.72. The van der Waals surface area contributed by atoms with E-state index in [1.54, 1.807) is 0 Å². The van der Waals surface area contributed by atoms with Gasteiger partial charge in [-0.1, -0.05) is 0 Å². The van der Waals surface area contributed by atoms with Crippen molar-refractivity contribution in [3.63, 3.8) is 0 Å². The first-order valence-corrected chi connectivity index (χ1v) is 2.47. The van der Waals surface area contributed by atoms with Crippen LogP contribution in [-0.4, -0.2) is 17.0 Å². The average molecular weight is 82.1 g/mol. The predicted molar refractivity (Wildman–Crippen MR) is 24.0 cm³/mol. The molecule has 0 spiro atoms. The van der Waals surface area contributed by atoms with Crippen LogP contribution in [0.2, 0.25) is 0 Å². The molecule has 6 heavy (non-hydrogen) atoms. The summed E-state index contributed by atoms with van der Waals surface area (Å²) >= 11 is 0. The van der Waals surface area contributed by atoms with Gasteiger partial charge in [0.2, 0.25) is 0 Å². The van der Waals surface area contributed by atoms with Crippen LogP contribution in [0.25, 0.3) is 0 Å². The summed E-state index contributed by atoms with van der Waals surface area (Å²) in [7, 11) is 3.81. The molecule has 0 N–H and O–H groups in total. The second-order valence-electron chi connectivity index (χ2n) is 2.29. The topological polar surface area (TPSA) is 3.24 Å². The van der Waals surface area contributed by atoms with Gasteiger partial charge in [-0.3, -0.25) is 7.05 Å². The Morgan fingerprint density at radius 2 is 1.67 bits per heavy atom. The fourth-order valence-corrected chi connectivity index (χ4v) is 1.12. The van der Waals surface area contributed by atoms with E-state index in [0.717, 1.165) is 12.1 Å². The lowest BCUT2D eigenvalue weighted by molar-refractivity contribution is -0.0677. The predicted octanol–water partition coefficient (Wildman–Crippen LogP) is 0.625. The lowest BCUT2D eigenvalue weighted by Gasteiger charge is -2.66. The minimum Gasteiger partial charge on any atom is -0.454 e. The molecule has 2 saturated heterocycles. The van der Waals surface area contributed by atoms with Crippen LogP contribution in [0.15, 0.2) is 0 Å². The van der Waals surface area contributed by atoms with Gasteiger partial charge in [0.25, 0.3) is 0 Å². The molecule has 0 unspecified atom stereocenters. The van der Waals surface area contributed by atoms with Crippen LogP contribution in [0.4, 0.5) is 0 Å². The smallest absolute Gasteiger partial charge is 0.0154 e. The molecule has 1 heteroatoms. The van der Waals surface area contributed by atoms with Crippen molar-refractivity contribution in [1.82, 2.24) is 4.90 Å². The van der Waals surface area contributed by atoms with Crippen LogP contribution in [-0.2, 0) is 0 Å². The van der Waals surface area contributed by atoms with E-state index >= 15 is 0 Å². The van der Waals surface area contributed by atoms with Crippen LogP contribution in [0.1, 0.15) is 12.8 Å². The van der Waals surface area contributed by atoms with Gasteiger partial charge < -0.3 is 4.90 Å². The van der Waals surface area contributed by atoms with Crippen molar-refractivity contribution in [3.05, 3.63) is 7.05 Å². The highest BCUT2D eigenvalue weighted by molar-refractivity contribution is 5.05. The molecule has 0 aromatic heterocycles. The second-order valence-corrected chi connectivity index (χ2v) is 2.29. The highest BCUT2D eigenvalue weighted by Gasteiger charge is 2.42. The Balaban J connectivity index is 2.11. The van der Waals surface area contributed by atoms with E-state index in [4.69, 9.17) is 0 Å². The van der Waals surface area contributed by atoms with Crippen LogP contribution in [0.5, 0.6) is 0 Å². The molecule has 1 aliphatic carbocycles. The molecule has 0 aromatic carbocycles. The number of hydrogen-bond acceptors (Lipinski definition) is 1. The molecule has 1 nitrogen and oxygen atoms in total. The molecule has 2 aliphatic heterocycles. The normalized spacial score (nSPS) is 53.5. The summed E-state index contributed by atoms with van der Waals surface area (Å²) < 4.78 is 0. The van der Waals surface area contributed by atoms with Gasteiger partial charge in [-0.05, 0) is 24.9 Å². The highest BCUT2D eigenvalue weighted by Crippen LogP contribution is 2.42. The van der Waals surface area contributed by atoms with Crippen LogP contribution < -0.4 is 0 Å². The summed E-state index contributed by atoms with van der Waals surface area (Å²) in [5, 5.41) is 0. The summed E-state index contributed by atoms with van der Waals surface area (Å²) in [5.74, 6) is 0. The van der Waals surface area contributed by atoms with Crippen LogP contribution in [0, 0.1) is 7.05 Å². The first-order chi connectivity index (χ1) is 2.88. The zero-order chi connectivity index (χ0) is 4.15. The Labute approximate surface area is 37.9 Å². The molecule has 2 bridgehead atoms. The summed E-state index contributed by atoms with van der Waals surface area (Å²) in [4.78, 5) is 2.19. The Morgan fingerprint density at radius 1 is 1.33 bits per heavy atom. The van der Waals surface area contributed by atoms with Crippen molar-refractivity contribution in [2.24, 2.45) is 0 Å². The molecule has 3 fully saturated rings. The summed E-state index contributed by atoms with van der Waals surface area (Å²) in [5.41, 5.74) is 0. The largest absolute Gasteiger partial charge is 0.454 e. The van der Waals surface area contributed by atoms with Crippen molar-refractivity contribution < 1.29 is 0 Å². The molecule has 0 aromatic rings. The standard InChI is InChI=1S/C5H8N/c1-6-4-2-5(6)3-4/h4-5H,1-3H2/q-1. The first kappa shape index (κ1) is 3.03. The fourth-order valence-electron chi connectivity index (χ4n) is 1.12. The first-order valence-electron chi connectivity index (χ1n) is 2.47. The molecule has 3 aliphatic rings. The highest BCUT2D eigenvalue weighted by atomic mass is 15.3. The van der Waals surface area contributed by atoms with Crippen molar-refractivity contribution in [3.8, 4) is 0 Å². The Kier molecular flexibility index (Phi) is 0.327. The molecule has 34 valence electrons. The minimum absolute atomic E-state index is 0.898. The van der Waals surface area contributed by atoms with E-state index in [1.807, 2.05) is 0 Å². The molecular weight excluding hydrogens is 74.1 g/mol. The maximum atomic E-state index is 3.81. The summed E-state index contributed by atoms with van der Waals surface area (Å²) in [6.07, 6.45) is 2.87. The van der Waals surface area contributed by atoms with Crippen LogP contribution >= 0.6 is 0 Å². The molecular formula is C5H8N-. The van der Waals surface area contributed by atoms with Gasteiger partial charge >= 0.3 is 0 Å². The second kappa shape index (κ2) is 0.648. The van der Waals surface area contributed by atoms with E-state index in [2.05, 4.69) is 11.9 Å². The van der Waals surface area contributed by atoms with Crippen molar-refractivity contribution in [2.75, 3.05) is 0 Å². The van der Waals surface area contributed by atoms with Crippen molar-refractivity contribution in [2.45, 2.75) is 24.9 Å². The van der Waals surface area contributed by atoms with Gasteiger partial charge in [0.1, 0.15) is 0 Å². The van der Waals surface area contributed by atoms with E-state index in [9.17, 15) is 0 Å². The Morgan fingerprint density at radius 3 is 1.67 bits per heavy atom. The molecule has 0 atom stereocenters. The number of nitrogens with zero attached hydrogens (tertiary/aromatic N) is 1. The Bertz CT molecular complexity index is 66.0. The van der Waals surface area contributed by atoms with E-state index in [1.165, 1.54) is 12.8 Å². The van der Waals surface area contributed by atoms with E-state index in [0.29, 0.717) is 0 Å². The van der Waals surface area contributed by atoms with Gasteiger partial charge in [-0.15, -0.1) is 0 Å². The van der Waals surface area contributed by atoms with Gasteiger partial charge in [0.15, 0.2) is 0 Å². The maximum Gasteiger partial charge on any atom is -0.0154 e. The molecule has 0 radical (unpaired) electrons. The number of hydrogen-bond donors (Lipinski definition) is 0. The van der Waals surface area contributed by atoms with Gasteiger partial charge in [0.05, 0.1) is 0 Å². The third-order valence-electron chi connectivity index (χ3n) is 2.03. The van der Waals surface area contributed by atoms with Crippen molar-refractivity contribution >= 4 is 0 Å². The Hall–Kier alpha value is -0.0400. The summed E-state index contributed by atoms with van der Waals surface area (Å²) in [6, 6.07) is 1.80. The number of rotatable bonds is 0. The van der Waals surface area contributed by atoms with Gasteiger partial charge in [-0.25, -0.2) is 0 Å². The minimum atomic E-state index is 0.898. The van der Waals surface area contributed by atoms with E-state index < -0.39 is 0 Å². The lowest BCUT2D eigenvalue weighted by atomic mass is 9.73. The molecule has 1 saturated carbocycles. The third kappa shape index (κ3) is 0.136. The zero-order valence-corrected chi connectivity index (χ0v) is 3.72. The lowest BCUT2D eigenvalue weighted by Crippen LogP contribution is -2.65. The van der Waals surface area contributed by atoms with E-state index in [-0.39, 0.29) is 0 Å². The van der Waals surface area contributed by atoms with Crippen LogP contribution in [0.3, 0.4) is 0 Å². The van der Waals surface area contributed by atoms with Crippen molar-refractivity contribution in [1.29, 1.82) is 0 Å². The maximum absolute atomic E-state index is 3.81.